The van der Waals surface area contributed by atoms with Gasteiger partial charge in [0.15, 0.2) is 0 Å². The molecule has 0 spiro atoms. The van der Waals surface area contributed by atoms with E-state index >= 15 is 0 Å². The number of amides is 2. The summed E-state index contributed by atoms with van der Waals surface area (Å²) < 4.78 is 0. The molecule has 2 N–H and O–H groups in total. The summed E-state index contributed by atoms with van der Waals surface area (Å²) in [5.74, 6) is 1.12. The Morgan fingerprint density at radius 1 is 1.17 bits per heavy atom. The van der Waals surface area contributed by atoms with Crippen LogP contribution in [0.4, 0.5) is 0 Å². The van der Waals surface area contributed by atoms with Gasteiger partial charge in [0, 0.05) is 25.1 Å². The van der Waals surface area contributed by atoms with Gasteiger partial charge in [0.1, 0.15) is 5.82 Å². The van der Waals surface area contributed by atoms with Crippen LogP contribution in [0.15, 0.2) is 48.5 Å². The van der Waals surface area contributed by atoms with Crippen molar-refractivity contribution < 1.29 is 9.59 Å². The molecule has 6 heteroatoms. The molecule has 1 unspecified atom stereocenters. The van der Waals surface area contributed by atoms with Crippen molar-refractivity contribution in [2.45, 2.75) is 39.3 Å². The van der Waals surface area contributed by atoms with E-state index in [1.807, 2.05) is 48.5 Å². The number of para-hydroxylation sites is 2. The van der Waals surface area contributed by atoms with Crippen molar-refractivity contribution in [1.29, 1.82) is 0 Å². The molecule has 4 rings (SSSR count). The van der Waals surface area contributed by atoms with Gasteiger partial charge in [0.05, 0.1) is 17.1 Å². The quantitative estimate of drug-likeness (QED) is 0.644. The van der Waals surface area contributed by atoms with Crippen LogP contribution in [0.5, 0.6) is 0 Å². The SMILES string of the molecule is CC(C)CC(NC(=O)CCN1Cc2ccccc2C1=O)c1nc2ccccc2[nH]1. The van der Waals surface area contributed by atoms with Crippen molar-refractivity contribution in [1.82, 2.24) is 20.2 Å². The number of fused-ring (bicyclic) bond motifs is 2. The number of nitrogens with one attached hydrogen (secondary N) is 2. The smallest absolute Gasteiger partial charge is 0.254 e. The van der Waals surface area contributed by atoms with Gasteiger partial charge in [-0.25, -0.2) is 4.98 Å². The summed E-state index contributed by atoms with van der Waals surface area (Å²) >= 11 is 0. The Hall–Kier alpha value is -3.15. The van der Waals surface area contributed by atoms with Gasteiger partial charge in [0.2, 0.25) is 5.91 Å². The van der Waals surface area contributed by atoms with Crippen LogP contribution in [0.2, 0.25) is 0 Å². The monoisotopic (exact) mass is 390 g/mol. The Bertz CT molecular complexity index is 1010. The highest BCUT2D eigenvalue weighted by Gasteiger charge is 2.27. The molecule has 0 fully saturated rings. The molecule has 0 bridgehead atoms. The lowest BCUT2D eigenvalue weighted by Crippen LogP contribution is -2.34. The third kappa shape index (κ3) is 4.16. The molecule has 1 atom stereocenters. The van der Waals surface area contributed by atoms with E-state index in [1.165, 1.54) is 0 Å². The number of rotatable bonds is 7. The first-order chi connectivity index (χ1) is 14.0. The van der Waals surface area contributed by atoms with Crippen LogP contribution in [0.1, 0.15) is 54.5 Å². The van der Waals surface area contributed by atoms with E-state index in [1.54, 1.807) is 4.90 Å². The number of aromatic amines is 1. The van der Waals surface area contributed by atoms with Gasteiger partial charge in [-0.05, 0) is 36.1 Å². The minimum atomic E-state index is -0.179. The standard InChI is InChI=1S/C23H26N4O2/c1-15(2)13-20(22-25-18-9-5-6-10-19(18)26-22)24-21(28)11-12-27-14-16-7-3-4-8-17(16)23(27)29/h3-10,15,20H,11-14H2,1-2H3,(H,24,28)(H,25,26). The van der Waals surface area contributed by atoms with Gasteiger partial charge in [-0.2, -0.15) is 0 Å². The van der Waals surface area contributed by atoms with Gasteiger partial charge in [0.25, 0.3) is 5.91 Å². The van der Waals surface area contributed by atoms with Gasteiger partial charge in [-0.3, -0.25) is 9.59 Å². The molecule has 2 amide bonds. The summed E-state index contributed by atoms with van der Waals surface area (Å²) in [4.78, 5) is 34.9. The van der Waals surface area contributed by atoms with Crippen LogP contribution in [0, 0.1) is 5.92 Å². The normalized spacial score (nSPS) is 14.4. The van der Waals surface area contributed by atoms with Crippen molar-refractivity contribution in [3.05, 3.63) is 65.5 Å². The Labute approximate surface area is 170 Å². The highest BCUT2D eigenvalue weighted by Crippen LogP contribution is 2.24. The predicted molar refractivity (Wildman–Crippen MR) is 112 cm³/mol. The van der Waals surface area contributed by atoms with Crippen molar-refractivity contribution >= 4 is 22.8 Å². The molecule has 150 valence electrons. The average molecular weight is 390 g/mol. The first-order valence-electron chi connectivity index (χ1n) is 10.1. The number of aromatic nitrogens is 2. The van der Waals surface area contributed by atoms with E-state index in [0.29, 0.717) is 19.0 Å². The molecule has 1 aliphatic heterocycles. The Balaban J connectivity index is 1.40. The second-order valence-electron chi connectivity index (χ2n) is 8.02. The van der Waals surface area contributed by atoms with Crippen molar-refractivity contribution in [2.75, 3.05) is 6.54 Å². The highest BCUT2D eigenvalue weighted by molar-refractivity contribution is 5.98. The highest BCUT2D eigenvalue weighted by atomic mass is 16.2. The van der Waals surface area contributed by atoms with Crippen LogP contribution < -0.4 is 5.32 Å². The molecule has 2 heterocycles. The third-order valence-corrected chi connectivity index (χ3v) is 5.29. The lowest BCUT2D eigenvalue weighted by molar-refractivity contribution is -0.122. The van der Waals surface area contributed by atoms with Crippen LogP contribution in [0.25, 0.3) is 11.0 Å². The molecule has 0 saturated heterocycles. The molecule has 0 aliphatic carbocycles. The summed E-state index contributed by atoms with van der Waals surface area (Å²) in [6.07, 6.45) is 1.06. The zero-order valence-electron chi connectivity index (χ0n) is 16.8. The van der Waals surface area contributed by atoms with Crippen LogP contribution in [-0.4, -0.2) is 33.2 Å². The molecule has 29 heavy (non-hydrogen) atoms. The number of hydrogen-bond acceptors (Lipinski definition) is 3. The van der Waals surface area contributed by atoms with Gasteiger partial charge < -0.3 is 15.2 Å². The average Bonchev–Trinajstić information content (AvgIpc) is 3.27. The number of carbonyl (C=O) groups is 2. The van der Waals surface area contributed by atoms with E-state index in [-0.39, 0.29) is 24.3 Å². The summed E-state index contributed by atoms with van der Waals surface area (Å²) in [7, 11) is 0. The lowest BCUT2D eigenvalue weighted by atomic mass is 10.0. The van der Waals surface area contributed by atoms with Crippen LogP contribution in [-0.2, 0) is 11.3 Å². The molecule has 6 nitrogen and oxygen atoms in total. The maximum atomic E-state index is 12.7. The van der Waals surface area contributed by atoms with E-state index in [0.717, 1.165) is 34.4 Å². The molecule has 1 aliphatic rings. The Morgan fingerprint density at radius 2 is 1.93 bits per heavy atom. The maximum Gasteiger partial charge on any atom is 0.254 e. The largest absolute Gasteiger partial charge is 0.346 e. The topological polar surface area (TPSA) is 78.1 Å². The number of nitrogens with zero attached hydrogens (tertiary/aromatic N) is 2. The molecule has 0 saturated carbocycles. The fraction of sp³-hybridized carbons (Fsp3) is 0.348. The van der Waals surface area contributed by atoms with Crippen LogP contribution in [0.3, 0.4) is 0 Å². The zero-order chi connectivity index (χ0) is 20.4. The summed E-state index contributed by atoms with van der Waals surface area (Å²) in [5.41, 5.74) is 3.63. The lowest BCUT2D eigenvalue weighted by Gasteiger charge is -2.20. The van der Waals surface area contributed by atoms with E-state index in [2.05, 4.69) is 29.1 Å². The molecule has 1 aromatic heterocycles. The summed E-state index contributed by atoms with van der Waals surface area (Å²) in [6.45, 7) is 5.24. The molecule has 0 radical (unpaired) electrons. The van der Waals surface area contributed by atoms with Crippen LogP contribution >= 0.6 is 0 Å². The van der Waals surface area contributed by atoms with Gasteiger partial charge in [-0.1, -0.05) is 44.2 Å². The second-order valence-corrected chi connectivity index (χ2v) is 8.02. The third-order valence-electron chi connectivity index (χ3n) is 5.29. The molecule has 2 aromatic carbocycles. The number of H-pyrrole nitrogens is 1. The summed E-state index contributed by atoms with van der Waals surface area (Å²) in [5, 5.41) is 3.11. The number of carbonyl (C=O) groups excluding carboxylic acids is 2. The van der Waals surface area contributed by atoms with Gasteiger partial charge >= 0.3 is 0 Å². The number of benzene rings is 2. The van der Waals surface area contributed by atoms with E-state index in [9.17, 15) is 9.59 Å². The summed E-state index contributed by atoms with van der Waals surface area (Å²) in [6, 6.07) is 15.3. The van der Waals surface area contributed by atoms with E-state index < -0.39 is 0 Å². The Kier molecular flexibility index (Phi) is 5.34. The second kappa shape index (κ2) is 8.07. The molecular formula is C23H26N4O2. The first-order valence-corrected chi connectivity index (χ1v) is 10.1. The van der Waals surface area contributed by atoms with Crippen molar-refractivity contribution in [2.24, 2.45) is 5.92 Å². The first kappa shape index (κ1) is 19.2. The maximum absolute atomic E-state index is 12.7. The predicted octanol–water partition coefficient (Wildman–Crippen LogP) is 3.81. The molecule has 3 aromatic rings. The number of hydrogen-bond donors (Lipinski definition) is 2. The Morgan fingerprint density at radius 3 is 2.69 bits per heavy atom. The van der Waals surface area contributed by atoms with E-state index in [4.69, 9.17) is 0 Å². The fourth-order valence-corrected chi connectivity index (χ4v) is 3.85. The van der Waals surface area contributed by atoms with Gasteiger partial charge in [-0.15, -0.1) is 0 Å². The molecular weight excluding hydrogens is 364 g/mol. The van der Waals surface area contributed by atoms with Crippen molar-refractivity contribution in [3.8, 4) is 0 Å². The zero-order valence-corrected chi connectivity index (χ0v) is 16.8. The number of imidazole rings is 1. The minimum Gasteiger partial charge on any atom is -0.346 e. The van der Waals surface area contributed by atoms with Crippen molar-refractivity contribution in [3.63, 3.8) is 0 Å². The fourth-order valence-electron chi connectivity index (χ4n) is 3.85. The minimum absolute atomic E-state index is 0.00409.